The second-order valence-corrected chi connectivity index (χ2v) is 5.18. The Labute approximate surface area is 135 Å². The largest absolute Gasteiger partial charge is 0.346 e. The molecular weight excluding hydrogens is 311 g/mol. The summed E-state index contributed by atoms with van der Waals surface area (Å²) in [6.07, 6.45) is 4.90. The molecule has 4 aromatic rings. The van der Waals surface area contributed by atoms with E-state index in [4.69, 9.17) is 0 Å². The van der Waals surface area contributed by atoms with Gasteiger partial charge in [-0.2, -0.15) is 9.61 Å². The van der Waals surface area contributed by atoms with Gasteiger partial charge >= 0.3 is 0 Å². The number of aromatic nitrogens is 6. The summed E-state index contributed by atoms with van der Waals surface area (Å²) >= 11 is 0. The highest BCUT2D eigenvalue weighted by Gasteiger charge is 2.10. The summed E-state index contributed by atoms with van der Waals surface area (Å²) in [4.78, 5) is 15.4. The Kier molecular flexibility index (Phi) is 3.34. The van der Waals surface area contributed by atoms with Gasteiger partial charge in [0.05, 0.1) is 12.7 Å². The molecule has 3 heterocycles. The van der Waals surface area contributed by atoms with Gasteiger partial charge in [-0.1, -0.05) is 0 Å². The number of fused-ring (bicyclic) bond motifs is 1. The molecule has 0 atom stereocenters. The van der Waals surface area contributed by atoms with Crippen LogP contribution >= 0.6 is 0 Å². The summed E-state index contributed by atoms with van der Waals surface area (Å²) in [6, 6.07) is 8.95. The van der Waals surface area contributed by atoms with Crippen molar-refractivity contribution in [3.63, 3.8) is 0 Å². The Bertz CT molecular complexity index is 1050. The lowest BCUT2D eigenvalue weighted by molar-refractivity contribution is 0.628. The maximum Gasteiger partial charge on any atom is 0.272 e. The molecule has 0 saturated heterocycles. The molecule has 0 fully saturated rings. The van der Waals surface area contributed by atoms with Crippen molar-refractivity contribution < 1.29 is 4.39 Å². The first kappa shape index (κ1) is 14.2. The lowest BCUT2D eigenvalue weighted by Gasteiger charge is -2.05. The molecule has 0 radical (unpaired) electrons. The molecule has 0 spiro atoms. The lowest BCUT2D eigenvalue weighted by atomic mass is 10.2. The van der Waals surface area contributed by atoms with E-state index in [0.717, 1.165) is 5.56 Å². The normalized spacial score (nSPS) is 11.0. The molecule has 0 bridgehead atoms. The fourth-order valence-electron chi connectivity index (χ4n) is 2.30. The maximum atomic E-state index is 13.1. The van der Waals surface area contributed by atoms with E-state index in [1.165, 1.54) is 28.8 Å². The Hall–Kier alpha value is -3.42. The maximum absolute atomic E-state index is 13.1. The molecular formula is C16H11FN6O. The summed E-state index contributed by atoms with van der Waals surface area (Å²) < 4.78 is 16.4. The summed E-state index contributed by atoms with van der Waals surface area (Å²) in [5.41, 5.74) is 1.27. The van der Waals surface area contributed by atoms with Gasteiger partial charge in [0.15, 0.2) is 11.3 Å². The van der Waals surface area contributed by atoms with Crippen molar-refractivity contribution in [2.45, 2.75) is 6.54 Å². The number of hydrogen-bond donors (Lipinski definition) is 0. The van der Waals surface area contributed by atoms with Crippen LogP contribution in [0.4, 0.5) is 4.39 Å². The SMILES string of the molecule is O=c1ccn(Cc2nnc3ncc(-c4ccc(F)cc4)nn23)cc1. The van der Waals surface area contributed by atoms with Crippen LogP contribution in [-0.4, -0.2) is 29.4 Å². The molecule has 1 aromatic carbocycles. The van der Waals surface area contributed by atoms with Gasteiger partial charge in [-0.05, 0) is 24.3 Å². The van der Waals surface area contributed by atoms with E-state index in [0.29, 0.717) is 23.8 Å². The van der Waals surface area contributed by atoms with E-state index in [1.54, 1.807) is 35.3 Å². The van der Waals surface area contributed by atoms with Crippen molar-refractivity contribution in [2.24, 2.45) is 0 Å². The zero-order valence-electron chi connectivity index (χ0n) is 12.4. The lowest BCUT2D eigenvalue weighted by Crippen LogP contribution is -2.09. The molecule has 0 aliphatic carbocycles. The third-order valence-electron chi connectivity index (χ3n) is 3.52. The zero-order valence-corrected chi connectivity index (χ0v) is 12.4. The van der Waals surface area contributed by atoms with Crippen molar-refractivity contribution in [3.8, 4) is 11.3 Å². The summed E-state index contributed by atoms with van der Waals surface area (Å²) in [7, 11) is 0. The molecule has 0 aliphatic heterocycles. The minimum absolute atomic E-state index is 0.0595. The molecule has 0 N–H and O–H groups in total. The van der Waals surface area contributed by atoms with Crippen molar-refractivity contribution in [1.29, 1.82) is 0 Å². The number of rotatable bonds is 3. The van der Waals surface area contributed by atoms with E-state index in [9.17, 15) is 9.18 Å². The monoisotopic (exact) mass is 322 g/mol. The number of benzene rings is 1. The van der Waals surface area contributed by atoms with Gasteiger partial charge in [-0.3, -0.25) is 4.79 Å². The van der Waals surface area contributed by atoms with Crippen LogP contribution in [-0.2, 0) is 6.54 Å². The van der Waals surface area contributed by atoms with E-state index in [1.807, 2.05) is 0 Å². The highest BCUT2D eigenvalue weighted by atomic mass is 19.1. The Balaban J connectivity index is 1.74. The molecule has 24 heavy (non-hydrogen) atoms. The number of pyridine rings is 1. The Morgan fingerprint density at radius 3 is 2.50 bits per heavy atom. The van der Waals surface area contributed by atoms with Crippen molar-refractivity contribution in [3.05, 3.63) is 76.9 Å². The van der Waals surface area contributed by atoms with Crippen LogP contribution in [0.1, 0.15) is 5.82 Å². The molecule has 4 rings (SSSR count). The minimum atomic E-state index is -0.309. The van der Waals surface area contributed by atoms with Gasteiger partial charge in [0.1, 0.15) is 11.5 Å². The summed E-state index contributed by atoms with van der Waals surface area (Å²) in [5, 5.41) is 12.6. The number of hydrogen-bond acceptors (Lipinski definition) is 5. The first-order chi connectivity index (χ1) is 11.7. The fraction of sp³-hybridized carbons (Fsp3) is 0.0625. The molecule has 0 saturated carbocycles. The van der Waals surface area contributed by atoms with Crippen LogP contribution in [0, 0.1) is 5.82 Å². The van der Waals surface area contributed by atoms with E-state index in [2.05, 4.69) is 20.3 Å². The standard InChI is InChI=1S/C16H11FN6O/c17-12-3-1-11(2-4-12)14-9-18-16-20-19-15(23(16)21-14)10-22-7-5-13(24)6-8-22/h1-9H,10H2. The van der Waals surface area contributed by atoms with Gasteiger partial charge in [0.25, 0.3) is 5.78 Å². The van der Waals surface area contributed by atoms with Gasteiger partial charge < -0.3 is 4.57 Å². The predicted molar refractivity (Wildman–Crippen MR) is 83.8 cm³/mol. The summed E-state index contributed by atoms with van der Waals surface area (Å²) in [5.74, 6) is 0.637. The number of halogens is 1. The molecule has 0 unspecified atom stereocenters. The van der Waals surface area contributed by atoms with Crippen LogP contribution in [0.5, 0.6) is 0 Å². The topological polar surface area (TPSA) is 78.0 Å². The average Bonchev–Trinajstić information content (AvgIpc) is 3.00. The Morgan fingerprint density at radius 2 is 1.75 bits per heavy atom. The first-order valence-electron chi connectivity index (χ1n) is 7.18. The smallest absolute Gasteiger partial charge is 0.272 e. The molecule has 0 amide bonds. The van der Waals surface area contributed by atoms with E-state index in [-0.39, 0.29) is 11.2 Å². The van der Waals surface area contributed by atoms with E-state index >= 15 is 0 Å². The van der Waals surface area contributed by atoms with Crippen LogP contribution in [0.2, 0.25) is 0 Å². The van der Waals surface area contributed by atoms with E-state index < -0.39 is 0 Å². The second kappa shape index (κ2) is 5.65. The Morgan fingerprint density at radius 1 is 1.00 bits per heavy atom. The van der Waals surface area contributed by atoms with Crippen molar-refractivity contribution in [2.75, 3.05) is 0 Å². The van der Waals surface area contributed by atoms with Crippen LogP contribution in [0.15, 0.2) is 59.8 Å². The summed E-state index contributed by atoms with van der Waals surface area (Å²) in [6.45, 7) is 0.392. The molecule has 118 valence electrons. The van der Waals surface area contributed by atoms with Gasteiger partial charge in [0.2, 0.25) is 0 Å². The van der Waals surface area contributed by atoms with Crippen LogP contribution in [0.25, 0.3) is 17.0 Å². The molecule has 0 aliphatic rings. The average molecular weight is 322 g/mol. The molecule has 8 heteroatoms. The zero-order chi connectivity index (χ0) is 16.5. The van der Waals surface area contributed by atoms with Gasteiger partial charge in [-0.25, -0.2) is 9.37 Å². The quantitative estimate of drug-likeness (QED) is 0.572. The van der Waals surface area contributed by atoms with Crippen LogP contribution < -0.4 is 5.43 Å². The van der Waals surface area contributed by atoms with Crippen molar-refractivity contribution >= 4 is 5.78 Å². The van der Waals surface area contributed by atoms with Gasteiger partial charge in [-0.15, -0.1) is 10.2 Å². The first-order valence-corrected chi connectivity index (χ1v) is 7.18. The van der Waals surface area contributed by atoms with Crippen LogP contribution in [0.3, 0.4) is 0 Å². The third kappa shape index (κ3) is 2.65. The molecule has 7 nitrogen and oxygen atoms in total. The minimum Gasteiger partial charge on any atom is -0.346 e. The fourth-order valence-corrected chi connectivity index (χ4v) is 2.30. The highest BCUT2D eigenvalue weighted by Crippen LogP contribution is 2.16. The second-order valence-electron chi connectivity index (χ2n) is 5.18. The molecule has 3 aromatic heterocycles. The predicted octanol–water partition coefficient (Wildman–Crippen LogP) is 1.54. The third-order valence-corrected chi connectivity index (χ3v) is 3.52. The number of nitrogens with zero attached hydrogens (tertiary/aromatic N) is 6. The van der Waals surface area contributed by atoms with Crippen molar-refractivity contribution in [1.82, 2.24) is 29.4 Å². The highest BCUT2D eigenvalue weighted by molar-refractivity contribution is 5.57. The van der Waals surface area contributed by atoms with Gasteiger partial charge in [0, 0.05) is 30.1 Å².